The highest BCUT2D eigenvalue weighted by atomic mass is 79.9. The number of rotatable bonds is 5. The molecule has 2 aromatic rings. The minimum atomic E-state index is 0.331. The van der Waals surface area contributed by atoms with Crippen molar-refractivity contribution in [3.05, 3.63) is 50.4 Å². The summed E-state index contributed by atoms with van der Waals surface area (Å²) in [5.41, 5.74) is 2.43. The van der Waals surface area contributed by atoms with Gasteiger partial charge >= 0.3 is 0 Å². The molecule has 1 N–H and O–H groups in total. The van der Waals surface area contributed by atoms with Gasteiger partial charge in [0.1, 0.15) is 0 Å². The van der Waals surface area contributed by atoms with Crippen LogP contribution in [0.2, 0.25) is 0 Å². The second kappa shape index (κ2) is 6.45. The standard InChI is InChI=1S/C14H17BrN2S/c1-3-16-13(14-11(15)6-8-18-14)9-12-10(2)5-4-7-17-12/h4-8,13,16H,3,9H2,1-2H3. The molecule has 0 aliphatic heterocycles. The van der Waals surface area contributed by atoms with Gasteiger partial charge in [-0.3, -0.25) is 4.98 Å². The first kappa shape index (κ1) is 13.7. The third-order valence-electron chi connectivity index (χ3n) is 2.93. The minimum absolute atomic E-state index is 0.331. The first-order valence-electron chi connectivity index (χ1n) is 6.09. The quantitative estimate of drug-likeness (QED) is 0.895. The lowest BCUT2D eigenvalue weighted by molar-refractivity contribution is 0.549. The Bertz CT molecular complexity index is 510. The highest BCUT2D eigenvalue weighted by Gasteiger charge is 2.17. The maximum atomic E-state index is 4.49. The Labute approximate surface area is 121 Å². The maximum absolute atomic E-state index is 4.49. The summed E-state index contributed by atoms with van der Waals surface area (Å²) in [4.78, 5) is 5.84. The molecule has 2 nitrogen and oxygen atoms in total. The van der Waals surface area contributed by atoms with Crippen molar-refractivity contribution in [3.8, 4) is 0 Å². The summed E-state index contributed by atoms with van der Waals surface area (Å²) in [5, 5.41) is 5.66. The van der Waals surface area contributed by atoms with Crippen LogP contribution in [0.4, 0.5) is 0 Å². The van der Waals surface area contributed by atoms with E-state index >= 15 is 0 Å². The number of hydrogen-bond donors (Lipinski definition) is 1. The van der Waals surface area contributed by atoms with E-state index in [0.717, 1.165) is 13.0 Å². The molecule has 0 fully saturated rings. The van der Waals surface area contributed by atoms with Crippen LogP contribution in [0.5, 0.6) is 0 Å². The monoisotopic (exact) mass is 324 g/mol. The van der Waals surface area contributed by atoms with E-state index < -0.39 is 0 Å². The van der Waals surface area contributed by atoms with Gasteiger partial charge in [0.15, 0.2) is 0 Å². The van der Waals surface area contributed by atoms with Crippen LogP contribution in [-0.2, 0) is 6.42 Å². The van der Waals surface area contributed by atoms with Gasteiger partial charge in [-0.2, -0.15) is 0 Å². The molecule has 0 bridgehead atoms. The molecule has 0 amide bonds. The Hall–Kier alpha value is -0.710. The van der Waals surface area contributed by atoms with Crippen molar-refractivity contribution < 1.29 is 0 Å². The van der Waals surface area contributed by atoms with Crippen molar-refractivity contribution in [2.45, 2.75) is 26.3 Å². The molecule has 2 rings (SSSR count). The zero-order valence-corrected chi connectivity index (χ0v) is 13.0. The van der Waals surface area contributed by atoms with Gasteiger partial charge < -0.3 is 5.32 Å². The molecule has 0 aromatic carbocycles. The van der Waals surface area contributed by atoms with Gasteiger partial charge in [0.2, 0.25) is 0 Å². The van der Waals surface area contributed by atoms with Crippen LogP contribution in [0, 0.1) is 6.92 Å². The fourth-order valence-corrected chi connectivity index (χ4v) is 3.71. The molecular weight excluding hydrogens is 308 g/mol. The molecule has 0 aliphatic carbocycles. The smallest absolute Gasteiger partial charge is 0.0482 e. The SMILES string of the molecule is CCNC(Cc1ncccc1C)c1sccc1Br. The van der Waals surface area contributed by atoms with Gasteiger partial charge in [-0.1, -0.05) is 13.0 Å². The second-order valence-corrected chi connectivity index (χ2v) is 6.02. The molecule has 0 radical (unpaired) electrons. The summed E-state index contributed by atoms with van der Waals surface area (Å²) in [6, 6.07) is 6.55. The number of halogens is 1. The Morgan fingerprint density at radius 2 is 2.28 bits per heavy atom. The number of likely N-dealkylation sites (N-methyl/N-ethyl adjacent to an activating group) is 1. The normalized spacial score (nSPS) is 12.6. The van der Waals surface area contributed by atoms with Crippen LogP contribution >= 0.6 is 27.3 Å². The number of pyridine rings is 1. The Morgan fingerprint density at radius 1 is 1.44 bits per heavy atom. The van der Waals surface area contributed by atoms with E-state index in [2.05, 4.69) is 57.6 Å². The van der Waals surface area contributed by atoms with E-state index in [4.69, 9.17) is 0 Å². The fraction of sp³-hybridized carbons (Fsp3) is 0.357. The van der Waals surface area contributed by atoms with E-state index in [1.165, 1.54) is 20.6 Å². The summed E-state index contributed by atoms with van der Waals surface area (Å²) in [6.45, 7) is 5.22. The third kappa shape index (κ3) is 3.19. The largest absolute Gasteiger partial charge is 0.309 e. The first-order chi connectivity index (χ1) is 8.72. The van der Waals surface area contributed by atoms with Crippen LogP contribution in [0.3, 0.4) is 0 Å². The fourth-order valence-electron chi connectivity index (χ4n) is 1.98. The average molecular weight is 325 g/mol. The first-order valence-corrected chi connectivity index (χ1v) is 7.76. The predicted molar refractivity (Wildman–Crippen MR) is 81.1 cm³/mol. The Kier molecular flexibility index (Phi) is 4.92. The van der Waals surface area contributed by atoms with Crippen LogP contribution in [-0.4, -0.2) is 11.5 Å². The number of hydrogen-bond acceptors (Lipinski definition) is 3. The van der Waals surface area contributed by atoms with Crippen molar-refractivity contribution >= 4 is 27.3 Å². The molecule has 1 unspecified atom stereocenters. The van der Waals surface area contributed by atoms with Gasteiger partial charge in [-0.15, -0.1) is 11.3 Å². The highest BCUT2D eigenvalue weighted by Crippen LogP contribution is 2.31. The van der Waals surface area contributed by atoms with E-state index in [1.54, 1.807) is 11.3 Å². The summed E-state index contributed by atoms with van der Waals surface area (Å²) < 4.78 is 1.19. The summed E-state index contributed by atoms with van der Waals surface area (Å²) in [6.07, 6.45) is 2.80. The lowest BCUT2D eigenvalue weighted by Crippen LogP contribution is -2.23. The molecule has 96 valence electrons. The number of nitrogens with one attached hydrogen (secondary N) is 1. The highest BCUT2D eigenvalue weighted by molar-refractivity contribution is 9.10. The number of aryl methyl sites for hydroxylation is 1. The number of nitrogens with zero attached hydrogens (tertiary/aromatic N) is 1. The van der Waals surface area contributed by atoms with Crippen LogP contribution in [0.1, 0.15) is 29.1 Å². The van der Waals surface area contributed by atoms with Crippen LogP contribution in [0.25, 0.3) is 0 Å². The minimum Gasteiger partial charge on any atom is -0.309 e. The zero-order chi connectivity index (χ0) is 13.0. The molecule has 0 saturated heterocycles. The number of aromatic nitrogens is 1. The van der Waals surface area contributed by atoms with E-state index in [1.807, 2.05) is 12.3 Å². The van der Waals surface area contributed by atoms with E-state index in [0.29, 0.717) is 6.04 Å². The predicted octanol–water partition coefficient (Wildman–Crippen LogP) is 4.11. The topological polar surface area (TPSA) is 24.9 Å². The lowest BCUT2D eigenvalue weighted by Gasteiger charge is -2.17. The maximum Gasteiger partial charge on any atom is 0.0482 e. The van der Waals surface area contributed by atoms with E-state index in [-0.39, 0.29) is 0 Å². The van der Waals surface area contributed by atoms with Crippen LogP contribution < -0.4 is 5.32 Å². The Balaban J connectivity index is 2.22. The van der Waals surface area contributed by atoms with Gasteiger partial charge in [0.25, 0.3) is 0 Å². The zero-order valence-electron chi connectivity index (χ0n) is 10.6. The van der Waals surface area contributed by atoms with Gasteiger partial charge in [0.05, 0.1) is 0 Å². The third-order valence-corrected chi connectivity index (χ3v) is 4.91. The molecule has 0 aliphatic rings. The molecule has 0 spiro atoms. The Morgan fingerprint density at radius 3 is 2.89 bits per heavy atom. The second-order valence-electron chi connectivity index (χ2n) is 4.21. The van der Waals surface area contributed by atoms with E-state index in [9.17, 15) is 0 Å². The van der Waals surface area contributed by atoms with Crippen molar-refractivity contribution in [2.75, 3.05) is 6.54 Å². The number of thiophene rings is 1. The molecule has 1 atom stereocenters. The lowest BCUT2D eigenvalue weighted by atomic mass is 10.1. The van der Waals surface area contributed by atoms with Crippen LogP contribution in [0.15, 0.2) is 34.2 Å². The molecular formula is C14H17BrN2S. The van der Waals surface area contributed by atoms with Crippen molar-refractivity contribution in [1.82, 2.24) is 10.3 Å². The molecule has 2 aromatic heterocycles. The molecule has 0 saturated carbocycles. The van der Waals surface area contributed by atoms with Crippen molar-refractivity contribution in [2.24, 2.45) is 0 Å². The van der Waals surface area contributed by atoms with Gasteiger partial charge in [-0.05, 0) is 52.5 Å². The molecule has 2 heterocycles. The van der Waals surface area contributed by atoms with Crippen molar-refractivity contribution in [3.63, 3.8) is 0 Å². The van der Waals surface area contributed by atoms with Crippen molar-refractivity contribution in [1.29, 1.82) is 0 Å². The summed E-state index contributed by atoms with van der Waals surface area (Å²) in [7, 11) is 0. The van der Waals surface area contributed by atoms with Gasteiger partial charge in [0, 0.05) is 33.7 Å². The molecule has 4 heteroatoms. The average Bonchev–Trinajstić information content (AvgIpc) is 2.78. The molecule has 18 heavy (non-hydrogen) atoms. The summed E-state index contributed by atoms with van der Waals surface area (Å²) in [5.74, 6) is 0. The summed E-state index contributed by atoms with van der Waals surface area (Å²) >= 11 is 5.40. The van der Waals surface area contributed by atoms with Gasteiger partial charge in [-0.25, -0.2) is 0 Å².